The van der Waals surface area contributed by atoms with Crippen molar-refractivity contribution in [2.75, 3.05) is 20.1 Å². The highest BCUT2D eigenvalue weighted by atomic mass is 32.2. The molecule has 5 nitrogen and oxygen atoms in total. The predicted molar refractivity (Wildman–Crippen MR) is 80.0 cm³/mol. The first-order valence-corrected chi connectivity index (χ1v) is 8.50. The summed E-state index contributed by atoms with van der Waals surface area (Å²) in [4.78, 5) is 0.407. The van der Waals surface area contributed by atoms with E-state index in [1.807, 2.05) is 18.7 Å². The Hall–Kier alpha value is -0.850. The summed E-state index contributed by atoms with van der Waals surface area (Å²) in [5.74, 6) is 0. The summed E-state index contributed by atoms with van der Waals surface area (Å²) in [5.41, 5.74) is 1.23. The Kier molecular flexibility index (Phi) is 4.27. The molecule has 2 rings (SSSR count). The Morgan fingerprint density at radius 1 is 1.30 bits per heavy atom. The molecule has 1 aromatic heterocycles. The van der Waals surface area contributed by atoms with Crippen LogP contribution < -0.4 is 5.32 Å². The van der Waals surface area contributed by atoms with Crippen molar-refractivity contribution in [2.24, 2.45) is 12.5 Å². The van der Waals surface area contributed by atoms with E-state index in [-0.39, 0.29) is 5.41 Å². The lowest BCUT2D eigenvalue weighted by Gasteiger charge is -2.35. The van der Waals surface area contributed by atoms with E-state index in [2.05, 4.69) is 19.2 Å². The Balaban J connectivity index is 2.21. The third kappa shape index (κ3) is 3.07. The Labute approximate surface area is 122 Å². The summed E-state index contributed by atoms with van der Waals surface area (Å²) in [6.07, 6.45) is 3.55. The van der Waals surface area contributed by atoms with Crippen LogP contribution in [0.2, 0.25) is 0 Å². The van der Waals surface area contributed by atoms with Crippen LogP contribution in [-0.4, -0.2) is 37.4 Å². The average molecular weight is 299 g/mol. The van der Waals surface area contributed by atoms with Crippen molar-refractivity contribution >= 4 is 10.0 Å². The van der Waals surface area contributed by atoms with Crippen molar-refractivity contribution in [3.63, 3.8) is 0 Å². The van der Waals surface area contributed by atoms with E-state index in [1.54, 1.807) is 16.6 Å². The van der Waals surface area contributed by atoms with Gasteiger partial charge in [0.05, 0.1) is 0 Å². The summed E-state index contributed by atoms with van der Waals surface area (Å²) in [7, 11) is 0.388. The van der Waals surface area contributed by atoms with Crippen LogP contribution >= 0.6 is 0 Å². The highest BCUT2D eigenvalue weighted by Gasteiger charge is 2.33. The van der Waals surface area contributed by atoms with Crippen molar-refractivity contribution in [3.8, 4) is 0 Å². The van der Waals surface area contributed by atoms with Crippen molar-refractivity contribution < 1.29 is 8.42 Å². The third-order valence-electron chi connectivity index (χ3n) is 4.15. The summed E-state index contributed by atoms with van der Waals surface area (Å²) in [5, 5.41) is 3.05. The van der Waals surface area contributed by atoms with E-state index in [9.17, 15) is 8.42 Å². The molecule has 1 aliphatic heterocycles. The molecule has 1 N–H and O–H groups in total. The van der Waals surface area contributed by atoms with E-state index >= 15 is 0 Å². The van der Waals surface area contributed by atoms with Gasteiger partial charge in [0.1, 0.15) is 4.90 Å². The van der Waals surface area contributed by atoms with Gasteiger partial charge in [-0.3, -0.25) is 0 Å². The summed E-state index contributed by atoms with van der Waals surface area (Å²) < 4.78 is 28.8. The monoisotopic (exact) mass is 299 g/mol. The summed E-state index contributed by atoms with van der Waals surface area (Å²) in [6.45, 7) is 6.30. The number of aromatic nitrogens is 1. The molecule has 1 aliphatic rings. The van der Waals surface area contributed by atoms with Gasteiger partial charge in [0.15, 0.2) is 0 Å². The van der Waals surface area contributed by atoms with E-state index in [4.69, 9.17) is 0 Å². The molecule has 0 radical (unpaired) electrons. The fourth-order valence-electron chi connectivity index (χ4n) is 2.56. The summed E-state index contributed by atoms with van der Waals surface area (Å²) >= 11 is 0. The molecule has 0 saturated carbocycles. The molecular weight excluding hydrogens is 274 g/mol. The van der Waals surface area contributed by atoms with E-state index in [0.717, 1.165) is 18.5 Å². The number of rotatable bonds is 4. The van der Waals surface area contributed by atoms with E-state index in [1.165, 1.54) is 0 Å². The van der Waals surface area contributed by atoms with Gasteiger partial charge < -0.3 is 9.88 Å². The van der Waals surface area contributed by atoms with Gasteiger partial charge >= 0.3 is 0 Å². The van der Waals surface area contributed by atoms with Crippen LogP contribution in [-0.2, 0) is 23.6 Å². The molecule has 0 unspecified atom stereocenters. The minimum absolute atomic E-state index is 0.250. The van der Waals surface area contributed by atoms with E-state index in [0.29, 0.717) is 24.5 Å². The number of nitrogens with one attached hydrogen (secondary N) is 1. The van der Waals surface area contributed by atoms with Gasteiger partial charge in [-0.1, -0.05) is 13.8 Å². The zero-order valence-electron chi connectivity index (χ0n) is 12.8. The second-order valence-electron chi connectivity index (χ2n) is 6.38. The zero-order valence-corrected chi connectivity index (χ0v) is 13.6. The molecular formula is C14H25N3O2S. The minimum Gasteiger partial charge on any atom is -0.352 e. The number of nitrogens with zero attached hydrogens (tertiary/aromatic N) is 2. The lowest BCUT2D eigenvalue weighted by molar-refractivity contribution is 0.196. The van der Waals surface area contributed by atoms with Gasteiger partial charge in [0.2, 0.25) is 10.0 Å². The zero-order chi connectivity index (χ0) is 15.0. The Morgan fingerprint density at radius 3 is 2.45 bits per heavy atom. The van der Waals surface area contributed by atoms with Gasteiger partial charge in [-0.15, -0.1) is 0 Å². The van der Waals surface area contributed by atoms with Gasteiger partial charge in [-0.25, -0.2) is 8.42 Å². The highest BCUT2D eigenvalue weighted by molar-refractivity contribution is 7.89. The molecule has 1 saturated heterocycles. The largest absolute Gasteiger partial charge is 0.352 e. The minimum atomic E-state index is -3.35. The fourth-order valence-corrected chi connectivity index (χ4v) is 4.09. The number of hydrogen-bond donors (Lipinski definition) is 1. The van der Waals surface area contributed by atoms with Gasteiger partial charge in [0, 0.05) is 38.6 Å². The quantitative estimate of drug-likeness (QED) is 0.918. The molecule has 1 fully saturated rings. The number of hydrogen-bond acceptors (Lipinski definition) is 3. The van der Waals surface area contributed by atoms with Gasteiger partial charge in [-0.2, -0.15) is 4.31 Å². The number of aryl methyl sites for hydroxylation is 1. The standard InChI is InChI=1S/C14H25N3O2S/c1-14(2)5-7-17(8-6-14)20(18,19)13-9-12(10-15-3)16(4)11-13/h9,11,15H,5-8,10H2,1-4H3. The van der Waals surface area contributed by atoms with Gasteiger partial charge in [-0.05, 0) is 31.4 Å². The molecule has 0 atom stereocenters. The second kappa shape index (κ2) is 5.50. The summed E-state index contributed by atoms with van der Waals surface area (Å²) in [6, 6.07) is 1.77. The van der Waals surface area contributed by atoms with Gasteiger partial charge in [0.25, 0.3) is 0 Å². The van der Waals surface area contributed by atoms with Crippen LogP contribution in [0, 0.1) is 5.41 Å². The molecule has 0 aromatic carbocycles. The lowest BCUT2D eigenvalue weighted by atomic mass is 9.83. The smallest absolute Gasteiger partial charge is 0.244 e. The molecule has 2 heterocycles. The Bertz CT molecular complexity index is 565. The van der Waals surface area contributed by atoms with Crippen LogP contribution in [0.5, 0.6) is 0 Å². The molecule has 0 amide bonds. The maximum Gasteiger partial charge on any atom is 0.244 e. The molecule has 1 aromatic rings. The maximum atomic E-state index is 12.7. The SMILES string of the molecule is CNCc1cc(S(=O)(=O)N2CCC(C)(C)CC2)cn1C. The fraction of sp³-hybridized carbons (Fsp3) is 0.714. The number of sulfonamides is 1. The van der Waals surface area contributed by atoms with Crippen LogP contribution in [0.3, 0.4) is 0 Å². The van der Waals surface area contributed by atoms with E-state index < -0.39 is 10.0 Å². The first kappa shape index (κ1) is 15.5. The van der Waals surface area contributed by atoms with Crippen LogP contribution in [0.25, 0.3) is 0 Å². The van der Waals surface area contributed by atoms with Crippen molar-refractivity contribution in [1.29, 1.82) is 0 Å². The molecule has 6 heteroatoms. The number of piperidine rings is 1. The lowest BCUT2D eigenvalue weighted by Crippen LogP contribution is -2.40. The molecule has 20 heavy (non-hydrogen) atoms. The molecule has 0 bridgehead atoms. The topological polar surface area (TPSA) is 54.3 Å². The van der Waals surface area contributed by atoms with Crippen molar-refractivity contribution in [1.82, 2.24) is 14.2 Å². The van der Waals surface area contributed by atoms with Crippen LogP contribution in [0.15, 0.2) is 17.2 Å². The van der Waals surface area contributed by atoms with Crippen LogP contribution in [0.1, 0.15) is 32.4 Å². The van der Waals surface area contributed by atoms with Crippen LogP contribution in [0.4, 0.5) is 0 Å². The first-order chi connectivity index (χ1) is 9.26. The van der Waals surface area contributed by atoms with Crippen molar-refractivity contribution in [2.45, 2.75) is 38.1 Å². The Morgan fingerprint density at radius 2 is 1.90 bits per heavy atom. The molecule has 0 spiro atoms. The normalized spacial score (nSPS) is 20.2. The second-order valence-corrected chi connectivity index (χ2v) is 8.31. The first-order valence-electron chi connectivity index (χ1n) is 7.06. The maximum absolute atomic E-state index is 12.7. The third-order valence-corrected chi connectivity index (χ3v) is 6.02. The average Bonchev–Trinajstić information content (AvgIpc) is 2.72. The highest BCUT2D eigenvalue weighted by Crippen LogP contribution is 2.32. The molecule has 114 valence electrons. The predicted octanol–water partition coefficient (Wildman–Crippen LogP) is 1.56. The molecule has 0 aliphatic carbocycles. The van der Waals surface area contributed by atoms with Crippen molar-refractivity contribution in [3.05, 3.63) is 18.0 Å².